The number of amides is 1. The van der Waals surface area contributed by atoms with Gasteiger partial charge in [-0.1, -0.05) is 29.8 Å². The molecule has 152 valence electrons. The zero-order valence-electron chi connectivity index (χ0n) is 16.2. The molecule has 7 nitrogen and oxygen atoms in total. The number of nitrogens with one attached hydrogen (secondary N) is 1. The van der Waals surface area contributed by atoms with Gasteiger partial charge in [-0.25, -0.2) is 9.67 Å². The van der Waals surface area contributed by atoms with Gasteiger partial charge in [-0.05, 0) is 42.1 Å². The maximum atomic E-state index is 13.0. The fourth-order valence-electron chi connectivity index (χ4n) is 2.80. The molecule has 0 atom stereocenters. The van der Waals surface area contributed by atoms with Crippen LogP contribution in [0.5, 0.6) is 5.75 Å². The first-order valence-electron chi connectivity index (χ1n) is 9.00. The summed E-state index contributed by atoms with van der Waals surface area (Å²) in [4.78, 5) is 18.2. The first-order valence-corrected chi connectivity index (χ1v) is 10.2. The van der Waals surface area contributed by atoms with E-state index < -0.39 is 5.91 Å². The van der Waals surface area contributed by atoms with Crippen molar-refractivity contribution in [2.45, 2.75) is 10.1 Å². The van der Waals surface area contributed by atoms with E-state index in [2.05, 4.69) is 15.4 Å². The van der Waals surface area contributed by atoms with Crippen LogP contribution in [0.15, 0.2) is 77.2 Å². The van der Waals surface area contributed by atoms with Crippen LogP contribution in [0.25, 0.3) is 5.69 Å². The lowest BCUT2D eigenvalue weighted by molar-refractivity contribution is 0.101. The van der Waals surface area contributed by atoms with Gasteiger partial charge in [0.05, 0.1) is 24.7 Å². The molecule has 2 aromatic carbocycles. The molecular formula is C21H18ClN5O2S. The zero-order chi connectivity index (χ0) is 21.1. The van der Waals surface area contributed by atoms with Crippen molar-refractivity contribution < 1.29 is 9.53 Å². The van der Waals surface area contributed by atoms with Crippen molar-refractivity contribution in [3.8, 4) is 11.4 Å². The molecule has 0 aliphatic carbocycles. The fourth-order valence-corrected chi connectivity index (χ4v) is 3.84. The second-order valence-corrected chi connectivity index (χ2v) is 7.79. The number of ether oxygens (including phenoxy) is 1. The Morgan fingerprint density at radius 1 is 1.20 bits per heavy atom. The van der Waals surface area contributed by atoms with E-state index in [0.29, 0.717) is 16.5 Å². The number of aryl methyl sites for hydroxylation is 1. The Morgan fingerprint density at radius 2 is 2.00 bits per heavy atom. The van der Waals surface area contributed by atoms with Gasteiger partial charge in [-0.3, -0.25) is 4.79 Å². The molecule has 0 saturated carbocycles. The number of carbonyl (C=O) groups is 1. The number of benzene rings is 2. The van der Waals surface area contributed by atoms with E-state index in [4.69, 9.17) is 16.3 Å². The van der Waals surface area contributed by atoms with E-state index in [1.807, 2.05) is 54.2 Å². The lowest BCUT2D eigenvalue weighted by atomic mass is 10.3. The normalized spacial score (nSPS) is 10.8. The van der Waals surface area contributed by atoms with Gasteiger partial charge < -0.3 is 14.6 Å². The van der Waals surface area contributed by atoms with Crippen LogP contribution in [0.1, 0.15) is 10.5 Å². The molecule has 0 saturated heterocycles. The smallest absolute Gasteiger partial charge is 0.280 e. The van der Waals surface area contributed by atoms with E-state index in [1.165, 1.54) is 18.9 Å². The molecule has 0 unspecified atom stereocenters. The maximum Gasteiger partial charge on any atom is 0.280 e. The van der Waals surface area contributed by atoms with Crippen LogP contribution in [0, 0.1) is 0 Å². The Labute approximate surface area is 182 Å². The molecular weight excluding hydrogens is 422 g/mol. The van der Waals surface area contributed by atoms with Crippen LogP contribution >= 0.6 is 23.4 Å². The molecule has 1 N–H and O–H groups in total. The number of aromatic nitrogens is 4. The van der Waals surface area contributed by atoms with Crippen molar-refractivity contribution in [3.63, 3.8) is 0 Å². The summed E-state index contributed by atoms with van der Waals surface area (Å²) >= 11 is 7.60. The van der Waals surface area contributed by atoms with Gasteiger partial charge in [0.2, 0.25) is 0 Å². The molecule has 0 aliphatic heterocycles. The van der Waals surface area contributed by atoms with Gasteiger partial charge in [0.25, 0.3) is 5.91 Å². The molecule has 2 aromatic heterocycles. The number of carbonyl (C=O) groups excluding carboxylic acids is 1. The Hall–Kier alpha value is -3.23. The number of methoxy groups -OCH3 is 1. The second-order valence-electron chi connectivity index (χ2n) is 6.34. The van der Waals surface area contributed by atoms with Crippen molar-refractivity contribution in [1.82, 2.24) is 19.3 Å². The minimum Gasteiger partial charge on any atom is -0.493 e. The average Bonchev–Trinajstić information content (AvgIpc) is 3.37. The molecule has 2 heterocycles. The standard InChI is InChI=1S/C21H18ClN5O2S/c1-26-11-10-23-21(26)30-18-9-8-14(22)12-16(18)24-20(28)19-17(29-2)13-27(25-19)15-6-4-3-5-7-15/h3-13H,1-2H3,(H,24,28). The van der Waals surface area contributed by atoms with Crippen LogP contribution in [0.4, 0.5) is 5.69 Å². The molecule has 0 radical (unpaired) electrons. The predicted octanol–water partition coefficient (Wildman–Crippen LogP) is 4.67. The summed E-state index contributed by atoms with van der Waals surface area (Å²) in [6.45, 7) is 0. The van der Waals surface area contributed by atoms with Crippen molar-refractivity contribution in [2.75, 3.05) is 12.4 Å². The number of hydrogen-bond donors (Lipinski definition) is 1. The van der Waals surface area contributed by atoms with E-state index in [-0.39, 0.29) is 5.69 Å². The number of hydrogen-bond acceptors (Lipinski definition) is 5. The summed E-state index contributed by atoms with van der Waals surface area (Å²) in [6.07, 6.45) is 5.25. The van der Waals surface area contributed by atoms with Crippen LogP contribution < -0.4 is 10.1 Å². The van der Waals surface area contributed by atoms with Crippen LogP contribution in [-0.4, -0.2) is 32.3 Å². The topological polar surface area (TPSA) is 74.0 Å². The average molecular weight is 440 g/mol. The largest absolute Gasteiger partial charge is 0.493 e. The van der Waals surface area contributed by atoms with Crippen LogP contribution in [0.3, 0.4) is 0 Å². The Bertz CT molecular complexity index is 1190. The highest BCUT2D eigenvalue weighted by Crippen LogP contribution is 2.34. The first-order chi connectivity index (χ1) is 14.5. The second kappa shape index (κ2) is 8.64. The van der Waals surface area contributed by atoms with Gasteiger partial charge >= 0.3 is 0 Å². The summed E-state index contributed by atoms with van der Waals surface area (Å²) in [5.74, 6) is -0.0258. The Balaban J connectivity index is 1.64. The number of halogens is 1. The van der Waals surface area contributed by atoms with Crippen molar-refractivity contribution in [1.29, 1.82) is 0 Å². The summed E-state index contributed by atoms with van der Waals surface area (Å²) < 4.78 is 8.88. The molecule has 9 heteroatoms. The quantitative estimate of drug-likeness (QED) is 0.472. The summed E-state index contributed by atoms with van der Waals surface area (Å²) in [5.41, 5.74) is 1.56. The molecule has 4 rings (SSSR count). The van der Waals surface area contributed by atoms with Gasteiger partial charge in [0, 0.05) is 29.4 Å². The Morgan fingerprint density at radius 3 is 2.70 bits per heavy atom. The highest BCUT2D eigenvalue weighted by molar-refractivity contribution is 7.99. The molecule has 0 bridgehead atoms. The first kappa shape index (κ1) is 20.1. The minimum atomic E-state index is -0.398. The third-order valence-electron chi connectivity index (χ3n) is 4.30. The maximum absolute atomic E-state index is 13.0. The van der Waals surface area contributed by atoms with Crippen LogP contribution in [0.2, 0.25) is 5.02 Å². The Kier molecular flexibility index (Phi) is 5.78. The van der Waals surface area contributed by atoms with E-state index in [9.17, 15) is 4.79 Å². The third kappa shape index (κ3) is 4.19. The summed E-state index contributed by atoms with van der Waals surface area (Å²) in [7, 11) is 3.41. The van der Waals surface area contributed by atoms with E-state index in [0.717, 1.165) is 15.7 Å². The lowest BCUT2D eigenvalue weighted by Crippen LogP contribution is -2.15. The molecule has 1 amide bonds. The van der Waals surface area contributed by atoms with E-state index >= 15 is 0 Å². The SMILES string of the molecule is COc1cn(-c2ccccc2)nc1C(=O)Nc1cc(Cl)ccc1Sc1nccn1C. The zero-order valence-corrected chi connectivity index (χ0v) is 17.8. The molecule has 0 spiro atoms. The summed E-state index contributed by atoms with van der Waals surface area (Å²) in [6, 6.07) is 14.8. The van der Waals surface area contributed by atoms with Gasteiger partial charge in [-0.2, -0.15) is 5.10 Å². The van der Waals surface area contributed by atoms with Crippen molar-refractivity contribution in [2.24, 2.45) is 7.05 Å². The van der Waals surface area contributed by atoms with Crippen LogP contribution in [-0.2, 0) is 7.05 Å². The number of imidazole rings is 1. The molecule has 4 aromatic rings. The predicted molar refractivity (Wildman–Crippen MR) is 117 cm³/mol. The van der Waals surface area contributed by atoms with Crippen molar-refractivity contribution >= 4 is 35.0 Å². The lowest BCUT2D eigenvalue weighted by Gasteiger charge is -2.11. The minimum absolute atomic E-state index is 0.175. The van der Waals surface area contributed by atoms with Gasteiger partial charge in [-0.15, -0.1) is 0 Å². The third-order valence-corrected chi connectivity index (χ3v) is 5.69. The monoisotopic (exact) mass is 439 g/mol. The molecule has 0 aliphatic rings. The number of nitrogens with zero attached hydrogens (tertiary/aromatic N) is 4. The highest BCUT2D eigenvalue weighted by atomic mass is 35.5. The summed E-state index contributed by atoms with van der Waals surface area (Å²) in [5, 5.41) is 8.62. The van der Waals surface area contributed by atoms with E-state index in [1.54, 1.807) is 29.2 Å². The molecule has 0 fully saturated rings. The van der Waals surface area contributed by atoms with Gasteiger partial charge in [0.1, 0.15) is 0 Å². The number of rotatable bonds is 6. The number of anilines is 1. The number of para-hydroxylation sites is 1. The van der Waals surface area contributed by atoms with Gasteiger partial charge in [0.15, 0.2) is 16.6 Å². The molecule has 30 heavy (non-hydrogen) atoms. The fraction of sp³-hybridized carbons (Fsp3) is 0.0952. The van der Waals surface area contributed by atoms with Crippen molar-refractivity contribution in [3.05, 3.63) is 77.8 Å². The highest BCUT2D eigenvalue weighted by Gasteiger charge is 2.20.